The summed E-state index contributed by atoms with van der Waals surface area (Å²) in [6.07, 6.45) is 1.12. The fraction of sp³-hybridized carbons (Fsp3) is 0.259. The minimum Gasteiger partial charge on any atom is -0.484 e. The molecule has 0 saturated heterocycles. The Morgan fingerprint density at radius 1 is 1.06 bits per heavy atom. The second-order valence-corrected chi connectivity index (χ2v) is 8.08. The van der Waals surface area contributed by atoms with Gasteiger partial charge in [0.05, 0.1) is 6.04 Å². The molecule has 0 N–H and O–H groups in total. The van der Waals surface area contributed by atoms with E-state index in [1.807, 2.05) is 60.4 Å². The number of hydrogen-bond donors (Lipinski definition) is 0. The monoisotopic (exact) mass is 446 g/mol. The summed E-state index contributed by atoms with van der Waals surface area (Å²) < 4.78 is 19.4. The summed E-state index contributed by atoms with van der Waals surface area (Å²) in [5.74, 6) is 0.112. The summed E-state index contributed by atoms with van der Waals surface area (Å²) >= 11 is 0. The maximum Gasteiger partial charge on any atom is 0.264 e. The Labute approximate surface area is 193 Å². The standard InChI is InChI=1S/C27H27FN2O3/c1-3-25(31)30-16-15-19-11-14-23(17-24(19)27(30)20-9-12-21(28)13-10-20)33-18-26(32)29(2)22-7-5-4-6-8-22/h4-14,17,27H,3,15-16,18H2,1-2H3. The van der Waals surface area contributed by atoms with E-state index in [1.165, 1.54) is 12.1 Å². The van der Waals surface area contributed by atoms with Crippen LogP contribution in [0.4, 0.5) is 10.1 Å². The quantitative estimate of drug-likeness (QED) is 0.549. The van der Waals surface area contributed by atoms with Crippen molar-refractivity contribution >= 4 is 17.5 Å². The highest BCUT2D eigenvalue weighted by Gasteiger charge is 2.31. The molecule has 1 aliphatic heterocycles. The van der Waals surface area contributed by atoms with Gasteiger partial charge in [-0.05, 0) is 59.5 Å². The van der Waals surface area contributed by atoms with Crippen molar-refractivity contribution in [3.63, 3.8) is 0 Å². The average Bonchev–Trinajstić information content (AvgIpc) is 2.86. The molecule has 0 aliphatic carbocycles. The Morgan fingerprint density at radius 3 is 2.48 bits per heavy atom. The minimum absolute atomic E-state index is 0.0426. The highest BCUT2D eigenvalue weighted by Crippen LogP contribution is 2.37. The van der Waals surface area contributed by atoms with Gasteiger partial charge in [-0.2, -0.15) is 0 Å². The number of likely N-dealkylation sites (N-methyl/N-ethyl adjacent to an activating group) is 1. The number of ether oxygens (including phenoxy) is 1. The molecule has 0 bridgehead atoms. The molecule has 3 aromatic carbocycles. The van der Waals surface area contributed by atoms with E-state index in [4.69, 9.17) is 4.74 Å². The highest BCUT2D eigenvalue weighted by molar-refractivity contribution is 5.93. The van der Waals surface area contributed by atoms with Gasteiger partial charge < -0.3 is 14.5 Å². The Bertz CT molecular complexity index is 1130. The van der Waals surface area contributed by atoms with Crippen LogP contribution in [0.3, 0.4) is 0 Å². The third kappa shape index (κ3) is 4.90. The van der Waals surface area contributed by atoms with E-state index < -0.39 is 0 Å². The lowest BCUT2D eigenvalue weighted by atomic mass is 9.87. The molecule has 2 amide bonds. The number of hydrogen-bond acceptors (Lipinski definition) is 3. The highest BCUT2D eigenvalue weighted by atomic mass is 19.1. The summed E-state index contributed by atoms with van der Waals surface area (Å²) in [7, 11) is 1.71. The lowest BCUT2D eigenvalue weighted by Gasteiger charge is -2.38. The normalized spacial score (nSPS) is 15.0. The first-order valence-electron chi connectivity index (χ1n) is 11.1. The van der Waals surface area contributed by atoms with Crippen LogP contribution in [-0.2, 0) is 16.0 Å². The number of para-hydroxylation sites is 1. The Balaban J connectivity index is 1.58. The van der Waals surface area contributed by atoms with E-state index in [-0.39, 0.29) is 30.3 Å². The number of carbonyl (C=O) groups is 2. The Morgan fingerprint density at radius 2 is 1.79 bits per heavy atom. The van der Waals surface area contributed by atoms with Gasteiger partial charge >= 0.3 is 0 Å². The fourth-order valence-electron chi connectivity index (χ4n) is 4.20. The van der Waals surface area contributed by atoms with Crippen LogP contribution in [0.5, 0.6) is 5.75 Å². The van der Waals surface area contributed by atoms with Crippen LogP contribution < -0.4 is 9.64 Å². The third-order valence-electron chi connectivity index (χ3n) is 6.03. The van der Waals surface area contributed by atoms with Gasteiger partial charge in [-0.3, -0.25) is 9.59 Å². The molecule has 1 aliphatic rings. The Kier molecular flexibility index (Phi) is 6.73. The predicted octanol–water partition coefficient (Wildman–Crippen LogP) is 4.75. The number of nitrogens with zero attached hydrogens (tertiary/aromatic N) is 2. The maximum atomic E-state index is 13.6. The van der Waals surface area contributed by atoms with Crippen LogP contribution in [0.15, 0.2) is 72.8 Å². The lowest BCUT2D eigenvalue weighted by Crippen LogP contribution is -2.40. The molecule has 1 atom stereocenters. The first kappa shape index (κ1) is 22.5. The molecule has 1 unspecified atom stereocenters. The number of halogens is 1. The third-order valence-corrected chi connectivity index (χ3v) is 6.03. The molecule has 0 aromatic heterocycles. The maximum absolute atomic E-state index is 13.6. The van der Waals surface area contributed by atoms with E-state index in [2.05, 4.69) is 0 Å². The molecule has 6 heteroatoms. The van der Waals surface area contributed by atoms with Crippen molar-refractivity contribution < 1.29 is 18.7 Å². The molecular weight excluding hydrogens is 419 g/mol. The largest absolute Gasteiger partial charge is 0.484 e. The molecule has 0 fully saturated rings. The van der Waals surface area contributed by atoms with Crippen LogP contribution >= 0.6 is 0 Å². The van der Waals surface area contributed by atoms with Gasteiger partial charge in [0, 0.05) is 25.7 Å². The summed E-state index contributed by atoms with van der Waals surface area (Å²) in [6.45, 7) is 2.33. The second kappa shape index (κ2) is 9.86. The molecule has 5 nitrogen and oxygen atoms in total. The molecule has 3 aromatic rings. The van der Waals surface area contributed by atoms with E-state index in [0.29, 0.717) is 18.7 Å². The molecule has 0 radical (unpaired) electrons. The lowest BCUT2D eigenvalue weighted by molar-refractivity contribution is -0.133. The molecule has 170 valence electrons. The summed E-state index contributed by atoms with van der Waals surface area (Å²) in [5, 5.41) is 0. The summed E-state index contributed by atoms with van der Waals surface area (Å²) in [5.41, 5.74) is 3.69. The zero-order chi connectivity index (χ0) is 23.4. The van der Waals surface area contributed by atoms with Gasteiger partial charge in [-0.1, -0.05) is 43.3 Å². The molecule has 0 spiro atoms. The van der Waals surface area contributed by atoms with Crippen molar-refractivity contribution in [2.24, 2.45) is 0 Å². The minimum atomic E-state index is -0.326. The van der Waals surface area contributed by atoms with Crippen molar-refractivity contribution in [1.82, 2.24) is 4.90 Å². The number of amides is 2. The number of fused-ring (bicyclic) bond motifs is 1. The van der Waals surface area contributed by atoms with Gasteiger partial charge in [-0.15, -0.1) is 0 Å². The van der Waals surface area contributed by atoms with Crippen molar-refractivity contribution in [3.8, 4) is 5.75 Å². The first-order chi connectivity index (χ1) is 16.0. The topological polar surface area (TPSA) is 49.9 Å². The van der Waals surface area contributed by atoms with Gasteiger partial charge in [-0.25, -0.2) is 4.39 Å². The first-order valence-corrected chi connectivity index (χ1v) is 11.1. The Hall–Kier alpha value is -3.67. The van der Waals surface area contributed by atoms with Crippen molar-refractivity contribution in [2.45, 2.75) is 25.8 Å². The van der Waals surface area contributed by atoms with E-state index in [1.54, 1.807) is 24.1 Å². The number of rotatable bonds is 6. The van der Waals surface area contributed by atoms with Crippen molar-refractivity contribution in [3.05, 3.63) is 95.3 Å². The molecule has 1 heterocycles. The van der Waals surface area contributed by atoms with Crippen LogP contribution in [0.1, 0.15) is 36.1 Å². The van der Waals surface area contributed by atoms with Gasteiger partial charge in [0.25, 0.3) is 5.91 Å². The number of carbonyl (C=O) groups excluding carboxylic acids is 2. The SMILES string of the molecule is CCC(=O)N1CCc2ccc(OCC(=O)N(C)c3ccccc3)cc2C1c1ccc(F)cc1. The predicted molar refractivity (Wildman–Crippen MR) is 126 cm³/mol. The molecule has 33 heavy (non-hydrogen) atoms. The molecule has 0 saturated carbocycles. The van der Waals surface area contributed by atoms with E-state index in [9.17, 15) is 14.0 Å². The van der Waals surface area contributed by atoms with Gasteiger partial charge in [0.1, 0.15) is 11.6 Å². The van der Waals surface area contributed by atoms with E-state index in [0.717, 1.165) is 28.8 Å². The average molecular weight is 447 g/mol. The summed E-state index contributed by atoms with van der Waals surface area (Å²) in [6, 6.07) is 21.1. The zero-order valence-corrected chi connectivity index (χ0v) is 18.8. The fourth-order valence-corrected chi connectivity index (χ4v) is 4.20. The van der Waals surface area contributed by atoms with Crippen LogP contribution in [-0.4, -0.2) is 36.9 Å². The van der Waals surface area contributed by atoms with Gasteiger partial charge in [0.15, 0.2) is 6.61 Å². The van der Waals surface area contributed by atoms with Crippen LogP contribution in [0.25, 0.3) is 0 Å². The molecule has 4 rings (SSSR count). The smallest absolute Gasteiger partial charge is 0.264 e. The van der Waals surface area contributed by atoms with Crippen molar-refractivity contribution in [1.29, 1.82) is 0 Å². The molecular formula is C27H27FN2O3. The van der Waals surface area contributed by atoms with Crippen LogP contribution in [0, 0.1) is 5.82 Å². The number of benzene rings is 3. The van der Waals surface area contributed by atoms with Crippen LogP contribution in [0.2, 0.25) is 0 Å². The van der Waals surface area contributed by atoms with Crippen molar-refractivity contribution in [2.75, 3.05) is 25.1 Å². The number of anilines is 1. The summed E-state index contributed by atoms with van der Waals surface area (Å²) in [4.78, 5) is 28.7. The second-order valence-electron chi connectivity index (χ2n) is 8.08. The van der Waals surface area contributed by atoms with Gasteiger partial charge in [0.2, 0.25) is 5.91 Å². The zero-order valence-electron chi connectivity index (χ0n) is 18.8. The van der Waals surface area contributed by atoms with E-state index >= 15 is 0 Å².